The highest BCUT2D eigenvalue weighted by Gasteiger charge is 2.52. The minimum atomic E-state index is -3.85. The van der Waals surface area contributed by atoms with Gasteiger partial charge in [0.1, 0.15) is 6.33 Å². The molecule has 0 N–H and O–H groups in total. The Balaban J connectivity index is 1.49. The molecule has 3 aromatic carbocycles. The van der Waals surface area contributed by atoms with Gasteiger partial charge in [0.05, 0.1) is 42.4 Å². The third kappa shape index (κ3) is 6.48. The standard InChI is InChI=1S/C38H45N5O5SSi/c1-38(2,3)50(30-18-12-8-13-19-30,31-20-14-9-15-21-31)48-25-29-22-32-36(42(26-39-32)23-28-16-10-7-11-17-28)35(34(29)37(44)47-6)33-24-43(27-40-33)49(45,46)41(4)5/h7-21,24,26-27,29,34-35H,22-23,25H2,1-6H3/t29-,34-,35+/m1/s1. The zero-order chi connectivity index (χ0) is 35.7. The molecule has 5 aromatic rings. The van der Waals surface area contributed by atoms with Gasteiger partial charge in [-0.2, -0.15) is 12.7 Å². The smallest absolute Gasteiger partial charge is 0.310 e. The third-order valence-corrected chi connectivity index (χ3v) is 16.5. The van der Waals surface area contributed by atoms with Crippen LogP contribution in [0.15, 0.2) is 110 Å². The molecule has 6 rings (SSSR count). The summed E-state index contributed by atoms with van der Waals surface area (Å²) in [5.74, 6) is -2.14. The van der Waals surface area contributed by atoms with E-state index in [9.17, 15) is 13.2 Å². The van der Waals surface area contributed by atoms with E-state index in [0.29, 0.717) is 18.7 Å². The molecule has 10 nitrogen and oxygen atoms in total. The van der Waals surface area contributed by atoms with E-state index in [4.69, 9.17) is 14.1 Å². The van der Waals surface area contributed by atoms with Gasteiger partial charge in [0, 0.05) is 39.4 Å². The largest absolute Gasteiger partial charge is 0.469 e. The maximum atomic E-state index is 14.1. The van der Waals surface area contributed by atoms with Gasteiger partial charge >= 0.3 is 16.2 Å². The maximum absolute atomic E-state index is 14.1. The Hall–Kier alpha value is -4.36. The van der Waals surface area contributed by atoms with E-state index in [1.807, 2.05) is 71.3 Å². The van der Waals surface area contributed by atoms with Gasteiger partial charge in [0.2, 0.25) is 0 Å². The Morgan fingerprint density at radius 1 is 0.900 bits per heavy atom. The lowest BCUT2D eigenvalue weighted by Crippen LogP contribution is -2.67. The van der Waals surface area contributed by atoms with Gasteiger partial charge in [-0.15, -0.1) is 0 Å². The van der Waals surface area contributed by atoms with Gasteiger partial charge in [0.25, 0.3) is 8.32 Å². The Labute approximate surface area is 296 Å². The predicted molar refractivity (Wildman–Crippen MR) is 196 cm³/mol. The Morgan fingerprint density at radius 3 is 2.02 bits per heavy atom. The molecule has 1 aliphatic carbocycles. The van der Waals surface area contributed by atoms with Crippen molar-refractivity contribution in [2.24, 2.45) is 11.8 Å². The van der Waals surface area contributed by atoms with E-state index in [2.05, 4.69) is 50.0 Å². The van der Waals surface area contributed by atoms with Gasteiger partial charge in [0.15, 0.2) is 0 Å². The molecule has 0 spiro atoms. The first-order chi connectivity index (χ1) is 23.9. The van der Waals surface area contributed by atoms with Gasteiger partial charge in [-0.05, 0) is 27.4 Å². The van der Waals surface area contributed by atoms with Crippen LogP contribution in [-0.2, 0) is 37.1 Å². The fourth-order valence-corrected chi connectivity index (χ4v) is 12.8. The molecular formula is C38H45N5O5SSi. The molecule has 2 heterocycles. The quantitative estimate of drug-likeness (QED) is 0.147. The van der Waals surface area contributed by atoms with Gasteiger partial charge in [-0.3, -0.25) is 4.79 Å². The van der Waals surface area contributed by atoms with Crippen molar-refractivity contribution in [3.8, 4) is 0 Å². The zero-order valence-corrected chi connectivity index (χ0v) is 31.2. The number of hydrogen-bond acceptors (Lipinski definition) is 7. The number of imidazole rings is 2. The highest BCUT2D eigenvalue weighted by Crippen LogP contribution is 2.45. The summed E-state index contributed by atoms with van der Waals surface area (Å²) in [6.07, 6.45) is 5.07. The molecule has 0 radical (unpaired) electrons. The number of carbonyl (C=O) groups excluding carboxylic acids is 1. The number of esters is 1. The minimum absolute atomic E-state index is 0.255. The number of aromatic nitrogens is 4. The van der Waals surface area contributed by atoms with E-state index >= 15 is 0 Å². The van der Waals surface area contributed by atoms with E-state index in [1.54, 1.807) is 6.33 Å². The molecule has 3 atom stereocenters. The van der Waals surface area contributed by atoms with Crippen molar-refractivity contribution in [1.29, 1.82) is 0 Å². The Kier molecular flexibility index (Phi) is 10.0. The van der Waals surface area contributed by atoms with Crippen LogP contribution in [0, 0.1) is 11.8 Å². The molecule has 2 aromatic heterocycles. The number of methoxy groups -OCH3 is 1. The summed E-state index contributed by atoms with van der Waals surface area (Å²) in [7, 11) is -2.48. The van der Waals surface area contributed by atoms with Crippen LogP contribution in [0.5, 0.6) is 0 Å². The number of hydrogen-bond donors (Lipinski definition) is 0. The van der Waals surface area contributed by atoms with Crippen LogP contribution in [0.1, 0.15) is 49.3 Å². The summed E-state index contributed by atoms with van der Waals surface area (Å²) in [5, 5.41) is 2.01. The van der Waals surface area contributed by atoms with Gasteiger partial charge < -0.3 is 13.7 Å². The highest BCUT2D eigenvalue weighted by atomic mass is 32.2. The second kappa shape index (κ2) is 14.1. The molecule has 12 heteroatoms. The predicted octanol–water partition coefficient (Wildman–Crippen LogP) is 4.45. The molecule has 0 bridgehead atoms. The Bertz CT molecular complexity index is 1990. The topological polar surface area (TPSA) is 109 Å². The van der Waals surface area contributed by atoms with Crippen molar-refractivity contribution in [2.45, 2.75) is 44.7 Å². The van der Waals surface area contributed by atoms with Crippen molar-refractivity contribution in [1.82, 2.24) is 22.8 Å². The number of benzene rings is 3. The van der Waals surface area contributed by atoms with E-state index in [0.717, 1.165) is 35.6 Å². The molecule has 0 aliphatic heterocycles. The van der Waals surface area contributed by atoms with Crippen molar-refractivity contribution in [2.75, 3.05) is 27.8 Å². The second-order valence-electron chi connectivity index (χ2n) is 14.1. The number of ether oxygens (including phenoxy) is 1. The van der Waals surface area contributed by atoms with Crippen LogP contribution in [0.4, 0.5) is 0 Å². The zero-order valence-electron chi connectivity index (χ0n) is 29.4. The second-order valence-corrected chi connectivity index (χ2v) is 20.4. The molecule has 0 saturated heterocycles. The normalized spacial score (nSPS) is 18.2. The molecule has 262 valence electrons. The van der Waals surface area contributed by atoms with Crippen molar-refractivity contribution in [3.05, 3.63) is 132 Å². The number of fused-ring (bicyclic) bond motifs is 1. The number of rotatable bonds is 11. The summed E-state index contributed by atoms with van der Waals surface area (Å²) < 4.78 is 43.5. The summed E-state index contributed by atoms with van der Waals surface area (Å²) in [5.41, 5.74) is 3.15. The molecule has 0 fully saturated rings. The first-order valence-electron chi connectivity index (χ1n) is 16.8. The fraction of sp³-hybridized carbons (Fsp3) is 0.342. The van der Waals surface area contributed by atoms with Crippen LogP contribution in [0.25, 0.3) is 0 Å². The van der Waals surface area contributed by atoms with E-state index in [1.165, 1.54) is 33.7 Å². The van der Waals surface area contributed by atoms with Crippen LogP contribution < -0.4 is 10.4 Å². The lowest BCUT2D eigenvalue weighted by Gasteiger charge is -2.45. The van der Waals surface area contributed by atoms with E-state index < -0.39 is 36.3 Å². The first kappa shape index (κ1) is 35.5. The lowest BCUT2D eigenvalue weighted by atomic mass is 9.71. The monoisotopic (exact) mass is 711 g/mol. The summed E-state index contributed by atoms with van der Waals surface area (Å²) in [6, 6.07) is 30.8. The van der Waals surface area contributed by atoms with Gasteiger partial charge in [-0.1, -0.05) is 112 Å². The van der Waals surface area contributed by atoms with Crippen LogP contribution >= 0.6 is 0 Å². The molecule has 50 heavy (non-hydrogen) atoms. The minimum Gasteiger partial charge on any atom is -0.469 e. The SMILES string of the molecule is COC(=O)[C@@H]1[C@@H](CO[Si](c2ccccc2)(c2ccccc2)C(C)(C)C)Cc2ncn(Cc3ccccc3)c2[C@H]1c1cn(S(=O)(=O)N(C)C)cn1. The summed E-state index contributed by atoms with van der Waals surface area (Å²) >= 11 is 0. The number of carbonyl (C=O) groups is 1. The molecule has 1 aliphatic rings. The number of nitrogens with zero attached hydrogens (tertiary/aromatic N) is 5. The summed E-state index contributed by atoms with van der Waals surface area (Å²) in [6.45, 7) is 7.45. The summed E-state index contributed by atoms with van der Waals surface area (Å²) in [4.78, 5) is 23.6. The van der Waals surface area contributed by atoms with Crippen LogP contribution in [0.2, 0.25) is 5.04 Å². The van der Waals surface area contributed by atoms with Crippen LogP contribution in [0.3, 0.4) is 0 Å². The van der Waals surface area contributed by atoms with Gasteiger partial charge in [-0.25, -0.2) is 13.9 Å². The molecular weight excluding hydrogens is 667 g/mol. The fourth-order valence-electron chi connectivity index (χ4n) is 7.41. The maximum Gasteiger partial charge on any atom is 0.310 e. The average molecular weight is 712 g/mol. The molecule has 0 amide bonds. The van der Waals surface area contributed by atoms with Crippen molar-refractivity contribution >= 4 is 34.9 Å². The van der Waals surface area contributed by atoms with Crippen molar-refractivity contribution in [3.63, 3.8) is 0 Å². The van der Waals surface area contributed by atoms with Crippen LogP contribution in [-0.4, -0.2) is 73.3 Å². The van der Waals surface area contributed by atoms with E-state index in [-0.39, 0.29) is 17.6 Å². The molecule has 0 saturated carbocycles. The average Bonchev–Trinajstić information content (AvgIpc) is 3.77. The molecule has 0 unspecified atom stereocenters. The highest BCUT2D eigenvalue weighted by molar-refractivity contribution is 7.87. The first-order valence-corrected chi connectivity index (χ1v) is 20.1. The lowest BCUT2D eigenvalue weighted by molar-refractivity contribution is -0.149. The third-order valence-electron chi connectivity index (χ3n) is 9.80. The Morgan fingerprint density at radius 2 is 1.48 bits per heavy atom. The van der Waals surface area contributed by atoms with Crippen molar-refractivity contribution < 1.29 is 22.4 Å².